The number of hydrogen-bond donors (Lipinski definition) is 0. The van der Waals surface area contributed by atoms with Crippen LogP contribution in [-0.4, -0.2) is 70.9 Å². The third-order valence-corrected chi connectivity index (χ3v) is 5.46. The Kier molecular flexibility index (Phi) is 3.93. The van der Waals surface area contributed by atoms with Crippen molar-refractivity contribution in [1.29, 1.82) is 0 Å². The van der Waals surface area contributed by atoms with Crippen molar-refractivity contribution in [2.24, 2.45) is 0 Å². The minimum absolute atomic E-state index is 0.0803. The first kappa shape index (κ1) is 15.1. The first-order valence-electron chi connectivity index (χ1n) is 6.43. The van der Waals surface area contributed by atoms with Gasteiger partial charge >= 0.3 is 6.03 Å². The lowest BCUT2D eigenvalue weighted by Crippen LogP contribution is -2.53. The molecule has 1 atom stereocenters. The average molecular weight is 297 g/mol. The Labute approximate surface area is 122 Å². The largest absolute Gasteiger partial charge is 0.333 e. The summed E-state index contributed by atoms with van der Waals surface area (Å²) in [4.78, 5) is 39.8. The van der Waals surface area contributed by atoms with Gasteiger partial charge in [-0.05, 0) is 20.4 Å². The second-order valence-electron chi connectivity index (χ2n) is 5.28. The van der Waals surface area contributed by atoms with Crippen LogP contribution in [0.5, 0.6) is 0 Å². The van der Waals surface area contributed by atoms with Gasteiger partial charge in [-0.1, -0.05) is 6.08 Å². The molecular weight excluding hydrogens is 278 g/mol. The SMILES string of the molecule is CN1C(=O)C(=CCC2(C)SCCN2C)C(=O)N(C)C1=O. The van der Waals surface area contributed by atoms with Crippen LogP contribution in [0, 0.1) is 0 Å². The molecule has 6 nitrogen and oxygen atoms in total. The zero-order valence-electron chi connectivity index (χ0n) is 12.2. The maximum atomic E-state index is 12.1. The third kappa shape index (κ3) is 2.35. The van der Waals surface area contributed by atoms with Crippen molar-refractivity contribution in [3.8, 4) is 0 Å². The third-order valence-electron chi connectivity index (χ3n) is 3.98. The number of carbonyl (C=O) groups is 3. The normalized spacial score (nSPS) is 28.6. The Morgan fingerprint density at radius 3 is 2.15 bits per heavy atom. The second kappa shape index (κ2) is 5.21. The smallest absolute Gasteiger partial charge is 0.291 e. The van der Waals surface area contributed by atoms with Crippen molar-refractivity contribution < 1.29 is 14.4 Å². The summed E-state index contributed by atoms with van der Waals surface area (Å²) in [7, 11) is 4.81. The number of amides is 4. The van der Waals surface area contributed by atoms with E-state index in [-0.39, 0.29) is 10.4 Å². The second-order valence-corrected chi connectivity index (χ2v) is 6.85. The number of rotatable bonds is 2. The van der Waals surface area contributed by atoms with Crippen molar-refractivity contribution in [3.63, 3.8) is 0 Å². The maximum absolute atomic E-state index is 12.1. The fourth-order valence-corrected chi connectivity index (χ4v) is 3.60. The molecule has 0 aromatic rings. The van der Waals surface area contributed by atoms with Gasteiger partial charge in [0.2, 0.25) is 0 Å². The molecular formula is C13H19N3O3S. The molecule has 7 heteroatoms. The lowest BCUT2D eigenvalue weighted by molar-refractivity contribution is -0.134. The number of hydrogen-bond acceptors (Lipinski definition) is 5. The van der Waals surface area contributed by atoms with Gasteiger partial charge in [-0.3, -0.25) is 24.3 Å². The lowest BCUT2D eigenvalue weighted by Gasteiger charge is -2.32. The molecule has 2 heterocycles. The zero-order valence-corrected chi connectivity index (χ0v) is 13.0. The molecule has 20 heavy (non-hydrogen) atoms. The molecule has 0 bridgehead atoms. The van der Waals surface area contributed by atoms with E-state index in [1.165, 1.54) is 14.1 Å². The number of barbiturate groups is 1. The van der Waals surface area contributed by atoms with Gasteiger partial charge in [0.25, 0.3) is 11.8 Å². The van der Waals surface area contributed by atoms with Crippen LogP contribution in [0.2, 0.25) is 0 Å². The van der Waals surface area contributed by atoms with Gasteiger partial charge in [0.15, 0.2) is 0 Å². The maximum Gasteiger partial charge on any atom is 0.333 e. The minimum atomic E-state index is -0.587. The predicted molar refractivity (Wildman–Crippen MR) is 77.1 cm³/mol. The molecule has 2 fully saturated rings. The molecule has 2 rings (SSSR count). The van der Waals surface area contributed by atoms with Crippen LogP contribution in [-0.2, 0) is 9.59 Å². The van der Waals surface area contributed by atoms with Crippen molar-refractivity contribution >= 4 is 29.6 Å². The Morgan fingerprint density at radius 1 is 1.15 bits per heavy atom. The average Bonchev–Trinajstić information content (AvgIpc) is 2.74. The molecule has 2 aliphatic rings. The van der Waals surface area contributed by atoms with Gasteiger partial charge in [-0.25, -0.2) is 4.79 Å². The summed E-state index contributed by atoms with van der Waals surface area (Å²) in [5.41, 5.74) is 0.0803. The minimum Gasteiger partial charge on any atom is -0.291 e. The van der Waals surface area contributed by atoms with Gasteiger partial charge in [0.05, 0.1) is 4.87 Å². The van der Waals surface area contributed by atoms with E-state index in [2.05, 4.69) is 11.8 Å². The summed E-state index contributed by atoms with van der Waals surface area (Å²) in [6.45, 7) is 3.09. The predicted octanol–water partition coefficient (Wildman–Crippen LogP) is 0.748. The highest BCUT2D eigenvalue weighted by atomic mass is 32.2. The monoisotopic (exact) mass is 297 g/mol. The lowest BCUT2D eigenvalue weighted by atomic mass is 10.1. The van der Waals surface area contributed by atoms with Gasteiger partial charge < -0.3 is 0 Å². The van der Waals surface area contributed by atoms with Crippen LogP contribution in [0.25, 0.3) is 0 Å². The van der Waals surface area contributed by atoms with Gasteiger partial charge in [0, 0.05) is 26.4 Å². The molecule has 0 aromatic heterocycles. The van der Waals surface area contributed by atoms with E-state index in [0.29, 0.717) is 6.42 Å². The van der Waals surface area contributed by atoms with Crippen LogP contribution < -0.4 is 0 Å². The molecule has 2 aliphatic heterocycles. The molecule has 0 radical (unpaired) electrons. The topological polar surface area (TPSA) is 60.9 Å². The summed E-state index contributed by atoms with van der Waals surface area (Å²) >= 11 is 1.81. The van der Waals surface area contributed by atoms with Crippen LogP contribution >= 0.6 is 11.8 Å². The highest BCUT2D eigenvalue weighted by molar-refractivity contribution is 8.00. The van der Waals surface area contributed by atoms with Crippen molar-refractivity contribution in [2.45, 2.75) is 18.2 Å². The van der Waals surface area contributed by atoms with E-state index in [4.69, 9.17) is 0 Å². The molecule has 4 amide bonds. The number of nitrogens with zero attached hydrogens (tertiary/aromatic N) is 3. The van der Waals surface area contributed by atoms with Crippen molar-refractivity contribution in [2.75, 3.05) is 33.4 Å². The van der Waals surface area contributed by atoms with Gasteiger partial charge in [0.1, 0.15) is 5.57 Å². The highest BCUT2D eigenvalue weighted by Crippen LogP contribution is 2.37. The van der Waals surface area contributed by atoms with E-state index in [0.717, 1.165) is 22.1 Å². The van der Waals surface area contributed by atoms with Gasteiger partial charge in [-0.15, -0.1) is 11.8 Å². The molecule has 2 saturated heterocycles. The molecule has 1 unspecified atom stereocenters. The van der Waals surface area contributed by atoms with Crippen LogP contribution in [0.3, 0.4) is 0 Å². The molecule has 0 aromatic carbocycles. The summed E-state index contributed by atoms with van der Waals surface area (Å²) < 4.78 is 0. The highest BCUT2D eigenvalue weighted by Gasteiger charge is 2.39. The Balaban J connectivity index is 2.22. The molecule has 0 N–H and O–H groups in total. The van der Waals surface area contributed by atoms with Gasteiger partial charge in [-0.2, -0.15) is 0 Å². The van der Waals surface area contributed by atoms with Crippen LogP contribution in [0.4, 0.5) is 4.79 Å². The number of imide groups is 2. The van der Waals surface area contributed by atoms with Crippen molar-refractivity contribution in [1.82, 2.24) is 14.7 Å². The van der Waals surface area contributed by atoms with Crippen LogP contribution in [0.15, 0.2) is 11.6 Å². The number of likely N-dealkylation sites (N-methyl/N-ethyl adjacent to an activating group) is 2. The van der Waals surface area contributed by atoms with Crippen LogP contribution in [0.1, 0.15) is 13.3 Å². The van der Waals surface area contributed by atoms with E-state index in [1.54, 1.807) is 6.08 Å². The Bertz CT molecular complexity index is 479. The summed E-state index contributed by atoms with van der Waals surface area (Å²) in [5.74, 6) is -0.00389. The Morgan fingerprint density at radius 2 is 1.70 bits per heavy atom. The number of carbonyl (C=O) groups excluding carboxylic acids is 3. The molecule has 110 valence electrons. The van der Waals surface area contributed by atoms with E-state index >= 15 is 0 Å². The first-order valence-corrected chi connectivity index (χ1v) is 7.42. The Hall–Kier alpha value is -1.34. The van der Waals surface area contributed by atoms with E-state index < -0.39 is 17.8 Å². The summed E-state index contributed by atoms with van der Waals surface area (Å²) in [5, 5.41) is 0. The molecule has 0 spiro atoms. The fraction of sp³-hybridized carbons (Fsp3) is 0.615. The van der Waals surface area contributed by atoms with E-state index in [1.807, 2.05) is 18.8 Å². The number of urea groups is 1. The summed E-state index contributed by atoms with van der Waals surface area (Å²) in [6, 6.07) is -0.587. The zero-order chi connectivity index (χ0) is 15.1. The van der Waals surface area contributed by atoms with Crippen molar-refractivity contribution in [3.05, 3.63) is 11.6 Å². The molecule has 0 aliphatic carbocycles. The number of thioether (sulfide) groups is 1. The first-order chi connectivity index (χ1) is 9.28. The fourth-order valence-electron chi connectivity index (χ4n) is 2.28. The standard InChI is InChI=1S/C13H19N3O3S/c1-13(14(2)7-8-20-13)6-5-9-10(17)15(3)12(19)16(4)11(9)18/h5H,6-8H2,1-4H3. The molecule has 0 saturated carbocycles. The summed E-state index contributed by atoms with van der Waals surface area (Å²) in [6.07, 6.45) is 2.26. The quantitative estimate of drug-likeness (QED) is 0.556. The van der Waals surface area contributed by atoms with E-state index in [9.17, 15) is 14.4 Å².